The Morgan fingerprint density at radius 1 is 0.432 bits per heavy atom. The van der Waals surface area contributed by atoms with Crippen LogP contribution in [0.25, 0.3) is 0 Å². The van der Waals surface area contributed by atoms with E-state index in [2.05, 4.69) is 5.32 Å². The van der Waals surface area contributed by atoms with Gasteiger partial charge in [-0.1, -0.05) is 146 Å². The summed E-state index contributed by atoms with van der Waals surface area (Å²) in [6.45, 7) is 4.59. The Kier molecular flexibility index (Phi) is 21.3. The van der Waals surface area contributed by atoms with Gasteiger partial charge < -0.3 is 72.4 Å². The lowest BCUT2D eigenvalue weighted by molar-refractivity contribution is -0.379. The van der Waals surface area contributed by atoms with Gasteiger partial charge in [0.25, 0.3) is 0 Å². The number of carbonyl (C=O) groups excluding carboxylic acids is 7. The van der Waals surface area contributed by atoms with E-state index in [4.69, 9.17) is 56.8 Å². The zero-order chi connectivity index (χ0) is 62.5. The third-order valence-electron chi connectivity index (χ3n) is 14.8. The molecule has 0 saturated carbocycles. The van der Waals surface area contributed by atoms with E-state index in [0.29, 0.717) is 16.7 Å². The molecule has 0 aromatic heterocycles. The van der Waals surface area contributed by atoms with E-state index in [9.17, 15) is 43.8 Å². The van der Waals surface area contributed by atoms with E-state index in [1.54, 1.807) is 54.6 Å². The maximum absolute atomic E-state index is 14.4. The number of nitrogens with one attached hydrogen (secondary N) is 1. The number of esters is 6. The highest BCUT2D eigenvalue weighted by molar-refractivity contribution is 5.91. The van der Waals surface area contributed by atoms with Crippen molar-refractivity contribution in [3.8, 4) is 0 Å². The van der Waals surface area contributed by atoms with Gasteiger partial charge in [-0.3, -0.25) is 19.2 Å². The fourth-order valence-corrected chi connectivity index (χ4v) is 10.8. The molecule has 0 bridgehead atoms. The molecule has 15 atom stereocenters. The van der Waals surface area contributed by atoms with Crippen LogP contribution in [-0.4, -0.2) is 157 Å². The Balaban J connectivity index is 1.15. The predicted octanol–water partition coefficient (Wildman–Crippen LogP) is 5.92. The van der Waals surface area contributed by atoms with Gasteiger partial charge in [-0.25, -0.2) is 14.4 Å². The van der Waals surface area contributed by atoms with Gasteiger partial charge in [-0.05, 0) is 60.0 Å². The summed E-state index contributed by atoms with van der Waals surface area (Å²) in [5.41, 5.74) is 0.785. The molecule has 0 spiro atoms. The van der Waals surface area contributed by atoms with Gasteiger partial charge in [0.1, 0.15) is 42.7 Å². The van der Waals surface area contributed by atoms with Crippen molar-refractivity contribution in [2.24, 2.45) is 0 Å². The number of hydrogen-bond acceptors (Lipinski definition) is 21. The van der Waals surface area contributed by atoms with Crippen LogP contribution in [0, 0.1) is 0 Å². The fraction of sp³-hybridized carbons (Fsp3) is 0.348. The van der Waals surface area contributed by atoms with Crippen LogP contribution in [0.5, 0.6) is 0 Å². The second-order valence-electron chi connectivity index (χ2n) is 21.0. The topological polar surface area (TPSA) is 283 Å². The van der Waals surface area contributed by atoms with Crippen molar-refractivity contribution >= 4 is 41.7 Å². The molecule has 22 heteroatoms. The van der Waals surface area contributed by atoms with Gasteiger partial charge in [-0.2, -0.15) is 0 Å². The van der Waals surface area contributed by atoms with Crippen LogP contribution < -0.4 is 5.32 Å². The minimum absolute atomic E-state index is 0.00257. The van der Waals surface area contributed by atoms with Crippen molar-refractivity contribution in [1.82, 2.24) is 5.32 Å². The first-order valence-corrected chi connectivity index (χ1v) is 28.4. The fourth-order valence-electron chi connectivity index (χ4n) is 10.8. The first-order chi connectivity index (χ1) is 42.4. The van der Waals surface area contributed by atoms with Crippen molar-refractivity contribution in [2.45, 2.75) is 132 Å². The molecule has 3 heterocycles. The lowest BCUT2D eigenvalue weighted by Crippen LogP contribution is -2.69. The zero-order valence-corrected chi connectivity index (χ0v) is 48.5. The van der Waals surface area contributed by atoms with Gasteiger partial charge in [0.2, 0.25) is 5.91 Å². The Labute approximate surface area is 506 Å². The monoisotopic (exact) mass is 1210 g/mol. The quantitative estimate of drug-likeness (QED) is 0.0428. The Bertz CT molecular complexity index is 3210. The maximum Gasteiger partial charge on any atom is 0.338 e. The highest BCUT2D eigenvalue weighted by Gasteiger charge is 2.59. The summed E-state index contributed by atoms with van der Waals surface area (Å²) < 4.78 is 75.7. The van der Waals surface area contributed by atoms with Crippen molar-refractivity contribution < 1.29 is 101 Å². The summed E-state index contributed by atoms with van der Waals surface area (Å²) in [5.74, 6) is -6.35. The summed E-state index contributed by atoms with van der Waals surface area (Å²) in [5, 5.41) is 27.4. The number of aliphatic hydroxyl groups excluding tert-OH is 2. The summed E-state index contributed by atoms with van der Waals surface area (Å²) in [7, 11) is 0. The van der Waals surface area contributed by atoms with Crippen LogP contribution in [0.2, 0.25) is 0 Å². The molecule has 3 saturated heterocycles. The second-order valence-corrected chi connectivity index (χ2v) is 21.0. The van der Waals surface area contributed by atoms with Gasteiger partial charge in [0, 0.05) is 27.7 Å². The van der Waals surface area contributed by atoms with Gasteiger partial charge >= 0.3 is 35.8 Å². The van der Waals surface area contributed by atoms with E-state index in [0.717, 1.165) is 27.7 Å². The molecule has 3 N–H and O–H groups in total. The molecule has 9 rings (SSSR count). The minimum Gasteiger partial charge on any atom is -0.463 e. The lowest BCUT2D eigenvalue weighted by atomic mass is 9.80. The highest BCUT2D eigenvalue weighted by atomic mass is 16.8. The smallest absolute Gasteiger partial charge is 0.338 e. The average Bonchev–Trinajstić information content (AvgIpc) is 1.04. The molecule has 22 nitrogen and oxygen atoms in total. The molecule has 88 heavy (non-hydrogen) atoms. The first-order valence-electron chi connectivity index (χ1n) is 28.4. The van der Waals surface area contributed by atoms with E-state index < -0.39 is 153 Å². The number of carbonyl (C=O) groups is 7. The molecule has 0 aliphatic carbocycles. The molecule has 6 aromatic carbocycles. The van der Waals surface area contributed by atoms with Crippen LogP contribution in [-0.2, 0) is 81.6 Å². The molecule has 462 valence electrons. The highest BCUT2D eigenvalue weighted by Crippen LogP contribution is 2.42. The maximum atomic E-state index is 14.4. The van der Waals surface area contributed by atoms with Gasteiger partial charge in [-0.15, -0.1) is 0 Å². The lowest BCUT2D eigenvalue weighted by Gasteiger charge is -2.50. The van der Waals surface area contributed by atoms with Crippen LogP contribution in [0.3, 0.4) is 0 Å². The molecule has 3 fully saturated rings. The second kappa shape index (κ2) is 29.3. The molecule has 0 radical (unpaired) electrons. The van der Waals surface area contributed by atoms with Crippen LogP contribution in [0.15, 0.2) is 182 Å². The van der Waals surface area contributed by atoms with Crippen LogP contribution in [0.4, 0.5) is 0 Å². The number of ether oxygens (including phenoxy) is 12. The van der Waals surface area contributed by atoms with Gasteiger partial charge in [0.15, 0.2) is 55.5 Å². The van der Waals surface area contributed by atoms with Gasteiger partial charge in [0.05, 0.1) is 29.4 Å². The largest absolute Gasteiger partial charge is 0.463 e. The van der Waals surface area contributed by atoms with Crippen molar-refractivity contribution in [1.29, 1.82) is 0 Å². The number of benzene rings is 6. The Morgan fingerprint density at radius 2 is 0.830 bits per heavy atom. The van der Waals surface area contributed by atoms with Crippen molar-refractivity contribution in [3.05, 3.63) is 215 Å². The molecule has 3 aliphatic rings. The SMILES string of the molecule is CC(=O)NC1C(O)OC(COC(c2ccccc2)(c2ccccc2)c2ccccc2)C(O)C1OC1OC(COC(C)=O)C(OC(C)=O)C(OC(C)=O)C1OC1OC(C)C(OC(=O)c2ccccc2)C(OC(=O)c2ccccc2)C1OC(=O)c1ccccc1. The van der Waals surface area contributed by atoms with Crippen molar-refractivity contribution in [2.75, 3.05) is 13.2 Å². The number of hydrogen-bond donors (Lipinski definition) is 3. The summed E-state index contributed by atoms with van der Waals surface area (Å²) >= 11 is 0. The standard InChI is InChI=1S/C66H67NO21/c1-38-53(84-60(73)43-24-12-6-13-25-43)56(85-61(74)44-26-14-7-15-27-44)58(86-62(75)45-28-16-8-17-29-45)64(79-38)88-59-57(81-42(5)71)54(80-41(4)70)50(36-77-40(3)69)83-65(59)87-55-51(67-39(2)68)63(76)82-49(52(55)72)37-78-66(46-30-18-9-19-31-46,47-32-20-10-21-33-47)48-34-22-11-23-35-48/h6-35,38,49-59,63-65,72,76H,36-37H2,1-5H3,(H,67,68). The third-order valence-corrected chi connectivity index (χ3v) is 14.8. The minimum atomic E-state index is -2.06. The van der Waals surface area contributed by atoms with Crippen molar-refractivity contribution in [3.63, 3.8) is 0 Å². The predicted molar refractivity (Wildman–Crippen MR) is 307 cm³/mol. The molecular formula is C66H67NO21. The van der Waals surface area contributed by atoms with E-state index >= 15 is 0 Å². The Hall–Kier alpha value is -8.71. The Morgan fingerprint density at radius 3 is 1.27 bits per heavy atom. The van der Waals surface area contributed by atoms with E-state index in [-0.39, 0.29) is 16.7 Å². The van der Waals surface area contributed by atoms with Crippen LogP contribution in [0.1, 0.15) is 82.4 Å². The first kappa shape index (κ1) is 63.8. The average molecular weight is 1210 g/mol. The van der Waals surface area contributed by atoms with E-state index in [1.807, 2.05) is 91.0 Å². The number of rotatable bonds is 21. The van der Waals surface area contributed by atoms with E-state index in [1.165, 1.54) is 43.3 Å². The molecule has 1 amide bonds. The third kappa shape index (κ3) is 15.2. The molecular weight excluding hydrogens is 1140 g/mol. The number of amides is 1. The van der Waals surface area contributed by atoms with Crippen LogP contribution >= 0.6 is 0 Å². The normalized spacial score (nSPS) is 26.9. The number of aliphatic hydroxyl groups is 2. The molecule has 3 aliphatic heterocycles. The molecule has 15 unspecified atom stereocenters. The summed E-state index contributed by atoms with van der Waals surface area (Å²) in [6, 6.07) is 49.4. The summed E-state index contributed by atoms with van der Waals surface area (Å²) in [4.78, 5) is 95.0. The summed E-state index contributed by atoms with van der Waals surface area (Å²) in [6.07, 6.45) is -25.1. The zero-order valence-electron chi connectivity index (χ0n) is 48.5. The molecule has 6 aromatic rings.